The summed E-state index contributed by atoms with van der Waals surface area (Å²) in [4.78, 5) is 0. The molecule has 1 atom stereocenters. The maximum absolute atomic E-state index is 10.0. The first-order valence-electron chi connectivity index (χ1n) is 6.28. The molecule has 0 heterocycles. The van der Waals surface area contributed by atoms with Gasteiger partial charge < -0.3 is 9.84 Å². The Balaban J connectivity index is 2.52. The molecule has 0 aromatic heterocycles. The van der Waals surface area contributed by atoms with E-state index in [1.165, 1.54) is 11.1 Å². The minimum atomic E-state index is -0.350. The number of hydrogen-bond acceptors (Lipinski definition) is 2. The second-order valence-corrected chi connectivity index (χ2v) is 5.20. The smallest absolute Gasteiger partial charge is 0.0647 e. The monoisotopic (exact) mass is 236 g/mol. The fraction of sp³-hybridized carbons (Fsp3) is 0.600. The highest BCUT2D eigenvalue weighted by Crippen LogP contribution is 2.18. The lowest BCUT2D eigenvalue weighted by Gasteiger charge is -2.25. The maximum atomic E-state index is 10.0. The van der Waals surface area contributed by atoms with Crippen molar-refractivity contribution in [3.05, 3.63) is 35.4 Å². The Morgan fingerprint density at radius 2 is 1.71 bits per heavy atom. The molecular formula is C15H24O2. The van der Waals surface area contributed by atoms with Crippen LogP contribution in [0.15, 0.2) is 24.3 Å². The van der Waals surface area contributed by atoms with E-state index in [1.807, 2.05) is 13.8 Å². The Morgan fingerprint density at radius 1 is 1.18 bits per heavy atom. The Morgan fingerprint density at radius 3 is 2.18 bits per heavy atom. The van der Waals surface area contributed by atoms with Crippen molar-refractivity contribution >= 4 is 0 Å². The third-order valence-corrected chi connectivity index (χ3v) is 3.18. The summed E-state index contributed by atoms with van der Waals surface area (Å²) in [6.07, 6.45) is 2.05. The summed E-state index contributed by atoms with van der Waals surface area (Å²) in [6, 6.07) is 8.46. The highest BCUT2D eigenvalue weighted by molar-refractivity contribution is 5.23. The molecule has 2 nitrogen and oxygen atoms in total. The van der Waals surface area contributed by atoms with E-state index >= 15 is 0 Å². The zero-order chi connectivity index (χ0) is 12.9. The van der Waals surface area contributed by atoms with Crippen LogP contribution in [0.25, 0.3) is 0 Å². The Labute approximate surface area is 105 Å². The van der Waals surface area contributed by atoms with Gasteiger partial charge >= 0.3 is 0 Å². The third-order valence-electron chi connectivity index (χ3n) is 3.18. The van der Waals surface area contributed by atoms with Crippen molar-refractivity contribution in [2.45, 2.75) is 51.7 Å². The molecule has 0 aliphatic heterocycles. The van der Waals surface area contributed by atoms with Gasteiger partial charge in [-0.2, -0.15) is 0 Å². The molecule has 1 rings (SSSR count). The highest BCUT2D eigenvalue weighted by atomic mass is 16.5. The van der Waals surface area contributed by atoms with Crippen molar-refractivity contribution in [3.8, 4) is 0 Å². The zero-order valence-electron chi connectivity index (χ0n) is 11.4. The van der Waals surface area contributed by atoms with E-state index in [0.29, 0.717) is 12.8 Å². The number of aliphatic hydroxyl groups is 1. The molecule has 17 heavy (non-hydrogen) atoms. The lowest BCUT2D eigenvalue weighted by atomic mass is 9.95. The van der Waals surface area contributed by atoms with Gasteiger partial charge in [0.05, 0.1) is 11.7 Å². The van der Waals surface area contributed by atoms with Crippen LogP contribution in [-0.2, 0) is 17.6 Å². The minimum absolute atomic E-state index is 0.261. The first-order valence-corrected chi connectivity index (χ1v) is 6.28. The first-order chi connectivity index (χ1) is 7.96. The molecule has 1 N–H and O–H groups in total. The highest BCUT2D eigenvalue weighted by Gasteiger charge is 2.21. The van der Waals surface area contributed by atoms with Crippen LogP contribution in [0.1, 0.15) is 38.3 Å². The predicted molar refractivity (Wildman–Crippen MR) is 71.2 cm³/mol. The molecular weight excluding hydrogens is 212 g/mol. The van der Waals surface area contributed by atoms with Crippen LogP contribution in [0, 0.1) is 0 Å². The third kappa shape index (κ3) is 4.88. The Hall–Kier alpha value is -0.860. The maximum Gasteiger partial charge on any atom is 0.0647 e. The number of ether oxygens (including phenoxy) is 1. The summed E-state index contributed by atoms with van der Waals surface area (Å²) in [5.74, 6) is 0. The molecule has 0 saturated heterocycles. The van der Waals surface area contributed by atoms with Crippen molar-refractivity contribution in [2.75, 3.05) is 7.11 Å². The molecule has 0 bridgehead atoms. The fourth-order valence-corrected chi connectivity index (χ4v) is 1.91. The molecule has 0 saturated carbocycles. The number of benzene rings is 1. The van der Waals surface area contributed by atoms with Crippen molar-refractivity contribution in [3.63, 3.8) is 0 Å². The van der Waals surface area contributed by atoms with Gasteiger partial charge in [-0.05, 0) is 37.8 Å². The van der Waals surface area contributed by atoms with Gasteiger partial charge in [-0.15, -0.1) is 0 Å². The fourth-order valence-electron chi connectivity index (χ4n) is 1.91. The van der Waals surface area contributed by atoms with E-state index in [1.54, 1.807) is 7.11 Å². The molecule has 1 aromatic carbocycles. The molecule has 0 fully saturated rings. The van der Waals surface area contributed by atoms with Gasteiger partial charge in [0.1, 0.15) is 0 Å². The van der Waals surface area contributed by atoms with Gasteiger partial charge in [0, 0.05) is 13.5 Å². The van der Waals surface area contributed by atoms with E-state index in [0.717, 1.165) is 6.42 Å². The van der Waals surface area contributed by atoms with Crippen LogP contribution < -0.4 is 0 Å². The van der Waals surface area contributed by atoms with E-state index in [4.69, 9.17) is 4.74 Å². The average molecular weight is 236 g/mol. The zero-order valence-corrected chi connectivity index (χ0v) is 11.4. The van der Waals surface area contributed by atoms with Gasteiger partial charge in [-0.1, -0.05) is 31.2 Å². The summed E-state index contributed by atoms with van der Waals surface area (Å²) in [7, 11) is 1.68. The molecule has 1 unspecified atom stereocenters. The second kappa shape index (κ2) is 6.18. The molecule has 96 valence electrons. The van der Waals surface area contributed by atoms with Gasteiger partial charge in [0.2, 0.25) is 0 Å². The molecule has 0 spiro atoms. The topological polar surface area (TPSA) is 29.5 Å². The number of hydrogen-bond donors (Lipinski definition) is 1. The van der Waals surface area contributed by atoms with Gasteiger partial charge in [0.15, 0.2) is 0 Å². The van der Waals surface area contributed by atoms with Crippen molar-refractivity contribution in [2.24, 2.45) is 0 Å². The van der Waals surface area contributed by atoms with E-state index in [9.17, 15) is 5.11 Å². The normalized spacial score (nSPS) is 13.7. The van der Waals surface area contributed by atoms with Crippen LogP contribution in [-0.4, -0.2) is 23.9 Å². The van der Waals surface area contributed by atoms with Crippen LogP contribution in [0.4, 0.5) is 0 Å². The van der Waals surface area contributed by atoms with Gasteiger partial charge in [0.25, 0.3) is 0 Å². The number of aliphatic hydroxyl groups excluding tert-OH is 1. The minimum Gasteiger partial charge on any atom is -0.393 e. The van der Waals surface area contributed by atoms with Crippen LogP contribution in [0.3, 0.4) is 0 Å². The largest absolute Gasteiger partial charge is 0.393 e. The standard InChI is InChI=1S/C15H24O2/c1-5-12-6-8-13(9-7-12)10-14(16)11-15(2,3)17-4/h6-9,14,16H,5,10-11H2,1-4H3. The summed E-state index contributed by atoms with van der Waals surface area (Å²) < 4.78 is 5.32. The van der Waals surface area contributed by atoms with E-state index in [-0.39, 0.29) is 11.7 Å². The predicted octanol–water partition coefficient (Wildman–Crippen LogP) is 2.97. The summed E-state index contributed by atoms with van der Waals surface area (Å²) in [6.45, 7) is 6.14. The number of aryl methyl sites for hydroxylation is 1. The number of methoxy groups -OCH3 is 1. The van der Waals surface area contributed by atoms with E-state index < -0.39 is 0 Å². The van der Waals surface area contributed by atoms with Gasteiger partial charge in [-0.25, -0.2) is 0 Å². The molecule has 0 aliphatic rings. The molecule has 1 aromatic rings. The molecule has 0 amide bonds. The lowest BCUT2D eigenvalue weighted by Crippen LogP contribution is -2.29. The van der Waals surface area contributed by atoms with Gasteiger partial charge in [-0.3, -0.25) is 0 Å². The van der Waals surface area contributed by atoms with Crippen LogP contribution in [0.2, 0.25) is 0 Å². The molecule has 0 radical (unpaired) electrons. The Bertz CT molecular complexity index is 327. The summed E-state index contributed by atoms with van der Waals surface area (Å²) in [5, 5.41) is 10.0. The molecule has 2 heteroatoms. The average Bonchev–Trinajstić information content (AvgIpc) is 2.29. The summed E-state index contributed by atoms with van der Waals surface area (Å²) >= 11 is 0. The number of rotatable bonds is 6. The first kappa shape index (κ1) is 14.2. The second-order valence-electron chi connectivity index (χ2n) is 5.20. The Kier molecular flexibility index (Phi) is 5.16. The van der Waals surface area contributed by atoms with Crippen LogP contribution >= 0.6 is 0 Å². The van der Waals surface area contributed by atoms with Crippen LogP contribution in [0.5, 0.6) is 0 Å². The SMILES string of the molecule is CCc1ccc(CC(O)CC(C)(C)OC)cc1. The quantitative estimate of drug-likeness (QED) is 0.823. The van der Waals surface area contributed by atoms with Crippen molar-refractivity contribution in [1.29, 1.82) is 0 Å². The molecule has 0 aliphatic carbocycles. The van der Waals surface area contributed by atoms with E-state index in [2.05, 4.69) is 31.2 Å². The lowest BCUT2D eigenvalue weighted by molar-refractivity contribution is -0.0190. The summed E-state index contributed by atoms with van der Waals surface area (Å²) in [5.41, 5.74) is 2.25. The van der Waals surface area contributed by atoms with Crippen molar-refractivity contribution in [1.82, 2.24) is 0 Å². The van der Waals surface area contributed by atoms with Crippen molar-refractivity contribution < 1.29 is 9.84 Å².